The lowest BCUT2D eigenvalue weighted by Gasteiger charge is -2.24. The summed E-state index contributed by atoms with van der Waals surface area (Å²) in [4.78, 5) is 18.1. The van der Waals surface area contributed by atoms with E-state index < -0.39 is 10.0 Å². The van der Waals surface area contributed by atoms with Gasteiger partial charge in [0, 0.05) is 29.1 Å². The first kappa shape index (κ1) is 29.9. The van der Waals surface area contributed by atoms with E-state index in [1.54, 1.807) is 30.6 Å². The summed E-state index contributed by atoms with van der Waals surface area (Å²) in [6.07, 6.45) is 6.55. The van der Waals surface area contributed by atoms with Gasteiger partial charge in [0.15, 0.2) is 5.75 Å². The standard InChI is InChI=1S/C30H38N6O4S/c1-18(2)36-20(4)23(15-32-36)26-16-35(17-31-26)27-12-21(11-10-19(27)3)29(37)33-24-13-22(30(5,6)7)14-25(28(24)40-8)34-41(9,38)39/h10-18,34H,1-9H3,(H,33,37). The largest absolute Gasteiger partial charge is 0.492 e. The molecule has 1 amide bonds. The number of aryl methyl sites for hydroxylation is 1. The SMILES string of the molecule is COc1c(NC(=O)c2ccc(C)c(-n3cnc(-c4cnn(C(C)C)c4C)c3)c2)cc(C(C)(C)C)cc1NS(C)(=O)=O. The maximum Gasteiger partial charge on any atom is 0.255 e. The van der Waals surface area contributed by atoms with E-state index in [2.05, 4.69) is 34.0 Å². The van der Waals surface area contributed by atoms with Crippen LogP contribution in [0.2, 0.25) is 0 Å². The Hall–Kier alpha value is -4.12. The quantitative estimate of drug-likeness (QED) is 0.270. The predicted molar refractivity (Wildman–Crippen MR) is 163 cm³/mol. The fourth-order valence-electron chi connectivity index (χ4n) is 4.66. The van der Waals surface area contributed by atoms with E-state index in [0.717, 1.165) is 40.0 Å². The Balaban J connectivity index is 1.70. The minimum absolute atomic E-state index is 0.223. The molecule has 2 aromatic carbocycles. The zero-order chi connectivity index (χ0) is 30.3. The minimum Gasteiger partial charge on any atom is -0.492 e. The Morgan fingerprint density at radius 2 is 1.76 bits per heavy atom. The average Bonchev–Trinajstić information content (AvgIpc) is 3.49. The van der Waals surface area contributed by atoms with Gasteiger partial charge < -0.3 is 14.6 Å². The number of nitrogens with zero attached hydrogens (tertiary/aromatic N) is 4. The number of hydrogen-bond donors (Lipinski definition) is 2. The zero-order valence-corrected chi connectivity index (χ0v) is 25.8. The molecule has 2 N–H and O–H groups in total. The van der Waals surface area contributed by atoms with Gasteiger partial charge in [-0.25, -0.2) is 13.4 Å². The summed E-state index contributed by atoms with van der Waals surface area (Å²) in [5.41, 5.74) is 6.09. The summed E-state index contributed by atoms with van der Waals surface area (Å²) in [5, 5.41) is 7.43. The molecule has 0 bridgehead atoms. The second-order valence-corrected chi connectivity index (χ2v) is 13.3. The molecule has 4 aromatic rings. The van der Waals surface area contributed by atoms with Crippen molar-refractivity contribution in [3.8, 4) is 22.7 Å². The third-order valence-corrected chi connectivity index (χ3v) is 7.44. The first-order valence-corrected chi connectivity index (χ1v) is 15.2. The molecule has 218 valence electrons. The lowest BCUT2D eigenvalue weighted by atomic mass is 9.86. The van der Waals surface area contributed by atoms with Crippen molar-refractivity contribution < 1.29 is 17.9 Å². The molecule has 0 atom stereocenters. The first-order chi connectivity index (χ1) is 19.1. The van der Waals surface area contributed by atoms with Crippen LogP contribution in [0.25, 0.3) is 16.9 Å². The van der Waals surface area contributed by atoms with Gasteiger partial charge in [-0.05, 0) is 68.5 Å². The van der Waals surface area contributed by atoms with E-state index in [1.165, 1.54) is 7.11 Å². The molecular formula is C30H38N6O4S. The lowest BCUT2D eigenvalue weighted by molar-refractivity contribution is 0.102. The number of sulfonamides is 1. The number of benzene rings is 2. The van der Waals surface area contributed by atoms with E-state index in [-0.39, 0.29) is 28.8 Å². The van der Waals surface area contributed by atoms with Gasteiger partial charge >= 0.3 is 0 Å². The second-order valence-electron chi connectivity index (χ2n) is 11.5. The highest BCUT2D eigenvalue weighted by Gasteiger charge is 2.23. The molecule has 0 saturated carbocycles. The number of carbonyl (C=O) groups excluding carboxylic acids is 1. The zero-order valence-electron chi connectivity index (χ0n) is 25.0. The molecule has 10 nitrogen and oxygen atoms in total. The molecular weight excluding hydrogens is 540 g/mol. The Morgan fingerprint density at radius 1 is 1.07 bits per heavy atom. The second kappa shape index (κ2) is 11.0. The van der Waals surface area contributed by atoms with Crippen LogP contribution in [-0.2, 0) is 15.4 Å². The number of carbonyl (C=O) groups is 1. The molecule has 0 fully saturated rings. The number of methoxy groups -OCH3 is 1. The molecule has 0 saturated heterocycles. The summed E-state index contributed by atoms with van der Waals surface area (Å²) in [7, 11) is -2.16. The molecule has 0 spiro atoms. The average molecular weight is 579 g/mol. The van der Waals surface area contributed by atoms with Crippen LogP contribution in [0.4, 0.5) is 11.4 Å². The van der Waals surface area contributed by atoms with Gasteiger partial charge in [-0.1, -0.05) is 26.8 Å². The maximum atomic E-state index is 13.5. The summed E-state index contributed by atoms with van der Waals surface area (Å²) < 4.78 is 36.0. The van der Waals surface area contributed by atoms with Crippen LogP contribution in [0.5, 0.6) is 5.75 Å². The molecule has 41 heavy (non-hydrogen) atoms. The Labute approximate surface area is 241 Å². The van der Waals surface area contributed by atoms with Crippen molar-refractivity contribution in [2.75, 3.05) is 23.4 Å². The van der Waals surface area contributed by atoms with E-state index in [0.29, 0.717) is 11.3 Å². The van der Waals surface area contributed by atoms with E-state index >= 15 is 0 Å². The van der Waals surface area contributed by atoms with Crippen molar-refractivity contribution in [2.24, 2.45) is 0 Å². The van der Waals surface area contributed by atoms with Crippen LogP contribution >= 0.6 is 0 Å². The topological polar surface area (TPSA) is 120 Å². The van der Waals surface area contributed by atoms with E-state index in [4.69, 9.17) is 4.74 Å². The summed E-state index contributed by atoms with van der Waals surface area (Å²) >= 11 is 0. The molecule has 0 radical (unpaired) electrons. The fraction of sp³-hybridized carbons (Fsp3) is 0.367. The third-order valence-electron chi connectivity index (χ3n) is 6.84. The molecule has 4 rings (SSSR count). The monoisotopic (exact) mass is 578 g/mol. The molecule has 0 aliphatic carbocycles. The number of nitrogens with one attached hydrogen (secondary N) is 2. The van der Waals surface area contributed by atoms with Crippen molar-refractivity contribution in [1.82, 2.24) is 19.3 Å². The highest BCUT2D eigenvalue weighted by molar-refractivity contribution is 7.92. The van der Waals surface area contributed by atoms with Gasteiger partial charge in [-0.2, -0.15) is 5.10 Å². The Morgan fingerprint density at radius 3 is 2.34 bits per heavy atom. The minimum atomic E-state index is -3.59. The highest BCUT2D eigenvalue weighted by Crippen LogP contribution is 2.39. The van der Waals surface area contributed by atoms with Crippen LogP contribution in [0.3, 0.4) is 0 Å². The number of imidazole rings is 1. The van der Waals surface area contributed by atoms with E-state index in [9.17, 15) is 13.2 Å². The van der Waals surface area contributed by atoms with Gasteiger partial charge in [0.2, 0.25) is 10.0 Å². The number of rotatable bonds is 8. The normalized spacial score (nSPS) is 12.0. The number of ether oxygens (including phenoxy) is 1. The van der Waals surface area contributed by atoms with Crippen LogP contribution in [0, 0.1) is 13.8 Å². The van der Waals surface area contributed by atoms with Gasteiger partial charge in [0.25, 0.3) is 5.91 Å². The van der Waals surface area contributed by atoms with Gasteiger partial charge in [0.1, 0.15) is 0 Å². The van der Waals surface area contributed by atoms with Crippen molar-refractivity contribution in [3.05, 3.63) is 71.4 Å². The van der Waals surface area contributed by atoms with Gasteiger partial charge in [-0.3, -0.25) is 14.2 Å². The number of amides is 1. The van der Waals surface area contributed by atoms with Crippen molar-refractivity contribution >= 4 is 27.3 Å². The lowest BCUT2D eigenvalue weighted by Crippen LogP contribution is -2.18. The maximum absolute atomic E-state index is 13.5. The molecule has 0 aliphatic rings. The van der Waals surface area contributed by atoms with Gasteiger partial charge in [0.05, 0.1) is 48.6 Å². The van der Waals surface area contributed by atoms with Gasteiger partial charge in [-0.15, -0.1) is 0 Å². The highest BCUT2D eigenvalue weighted by atomic mass is 32.2. The molecule has 2 heterocycles. The Kier molecular flexibility index (Phi) is 8.04. The van der Waals surface area contributed by atoms with E-state index in [1.807, 2.05) is 62.3 Å². The summed E-state index contributed by atoms with van der Waals surface area (Å²) in [6.45, 7) is 14.2. The van der Waals surface area contributed by atoms with Crippen LogP contribution in [-0.4, -0.2) is 47.0 Å². The number of anilines is 2. The van der Waals surface area contributed by atoms with Crippen LogP contribution < -0.4 is 14.8 Å². The molecule has 0 unspecified atom stereocenters. The molecule has 0 aliphatic heterocycles. The van der Waals surface area contributed by atoms with Crippen molar-refractivity contribution in [1.29, 1.82) is 0 Å². The smallest absolute Gasteiger partial charge is 0.255 e. The summed E-state index contributed by atoms with van der Waals surface area (Å²) in [6, 6.07) is 9.20. The Bertz CT molecular complexity index is 1710. The van der Waals surface area contributed by atoms with Crippen molar-refractivity contribution in [3.63, 3.8) is 0 Å². The van der Waals surface area contributed by atoms with Crippen molar-refractivity contribution in [2.45, 2.75) is 59.9 Å². The first-order valence-electron chi connectivity index (χ1n) is 13.3. The number of aromatic nitrogens is 4. The fourth-order valence-corrected chi connectivity index (χ4v) is 5.21. The molecule has 2 aromatic heterocycles. The van der Waals surface area contributed by atoms with Crippen LogP contribution in [0.1, 0.15) is 67.8 Å². The molecule has 11 heteroatoms. The third kappa shape index (κ3) is 6.45. The number of hydrogen-bond acceptors (Lipinski definition) is 6. The summed E-state index contributed by atoms with van der Waals surface area (Å²) in [5.74, 6) is -0.143. The predicted octanol–water partition coefficient (Wildman–Crippen LogP) is 5.86. The van der Waals surface area contributed by atoms with Crippen LogP contribution in [0.15, 0.2) is 49.1 Å².